The number of thioether (sulfide) groups is 2. The molecule has 5 heteroatoms. The molecule has 0 saturated heterocycles. The van der Waals surface area contributed by atoms with Gasteiger partial charge in [0.05, 0.1) is 23.9 Å². The lowest BCUT2D eigenvalue weighted by Crippen LogP contribution is -2.03. The van der Waals surface area contributed by atoms with Crippen molar-refractivity contribution < 1.29 is 4.74 Å². The van der Waals surface area contributed by atoms with Crippen molar-refractivity contribution in [3.63, 3.8) is 0 Å². The molecule has 0 amide bonds. The van der Waals surface area contributed by atoms with E-state index in [-0.39, 0.29) is 0 Å². The van der Waals surface area contributed by atoms with Crippen LogP contribution in [0.15, 0.2) is 53.5 Å². The van der Waals surface area contributed by atoms with Crippen LogP contribution < -0.4 is 4.74 Å². The van der Waals surface area contributed by atoms with Gasteiger partial charge in [-0.2, -0.15) is 5.26 Å². The number of hydrogen-bond donors (Lipinski definition) is 0. The van der Waals surface area contributed by atoms with E-state index < -0.39 is 0 Å². The fourth-order valence-electron chi connectivity index (χ4n) is 2.00. The van der Waals surface area contributed by atoms with Gasteiger partial charge in [-0.1, -0.05) is 41.7 Å². The quantitative estimate of drug-likeness (QED) is 0.770. The fourth-order valence-corrected chi connectivity index (χ4v) is 3.95. The Hall–Kier alpha value is -1.90. The lowest BCUT2D eigenvalue weighted by molar-refractivity contribution is 0.344. The first-order valence-corrected chi connectivity index (χ1v) is 8.87. The molecule has 22 heavy (non-hydrogen) atoms. The maximum absolute atomic E-state index is 8.75. The number of benzene rings is 2. The molecular formula is C17H14N2OS2. The summed E-state index contributed by atoms with van der Waals surface area (Å²) >= 11 is 3.50. The largest absolute Gasteiger partial charge is 0.493 e. The number of nitrogens with zero attached hydrogens (tertiary/aromatic N) is 2. The summed E-state index contributed by atoms with van der Waals surface area (Å²) < 4.78 is 6.77. The minimum absolute atomic E-state index is 0.623. The number of fused-ring (bicyclic) bond motifs is 1. The van der Waals surface area contributed by atoms with E-state index in [1.165, 1.54) is 5.56 Å². The third-order valence-corrected chi connectivity index (χ3v) is 5.33. The third-order valence-electron chi connectivity index (χ3n) is 3.12. The van der Waals surface area contributed by atoms with Crippen molar-refractivity contribution in [1.82, 2.24) is 0 Å². The molecule has 1 aliphatic rings. The summed E-state index contributed by atoms with van der Waals surface area (Å²) in [6.45, 7) is 0.623. The van der Waals surface area contributed by atoms with Crippen LogP contribution in [0, 0.1) is 11.3 Å². The second-order valence-corrected chi connectivity index (χ2v) is 6.93. The van der Waals surface area contributed by atoms with Gasteiger partial charge in [-0.15, -0.1) is 0 Å². The van der Waals surface area contributed by atoms with Crippen molar-refractivity contribution in [2.75, 3.05) is 12.4 Å². The summed E-state index contributed by atoms with van der Waals surface area (Å²) in [4.78, 5) is 4.66. The molecule has 0 bridgehead atoms. The molecule has 0 atom stereocenters. The summed E-state index contributed by atoms with van der Waals surface area (Å²) in [5, 5.41) is 8.75. The highest BCUT2D eigenvalue weighted by Crippen LogP contribution is 2.34. The Morgan fingerprint density at radius 2 is 2.00 bits per heavy atom. The van der Waals surface area contributed by atoms with Gasteiger partial charge in [0, 0.05) is 11.5 Å². The summed E-state index contributed by atoms with van der Waals surface area (Å²) in [6, 6.07) is 17.5. The van der Waals surface area contributed by atoms with Crippen LogP contribution in [0.3, 0.4) is 0 Å². The van der Waals surface area contributed by atoms with Crippen LogP contribution in [-0.2, 0) is 5.75 Å². The van der Waals surface area contributed by atoms with E-state index in [0.717, 1.165) is 27.3 Å². The predicted octanol–water partition coefficient (Wildman–Crippen LogP) is 4.60. The zero-order valence-electron chi connectivity index (χ0n) is 11.9. The first-order chi connectivity index (χ1) is 10.8. The number of nitriles is 1. The van der Waals surface area contributed by atoms with Crippen molar-refractivity contribution in [1.29, 1.82) is 5.26 Å². The first-order valence-electron chi connectivity index (χ1n) is 6.90. The third kappa shape index (κ3) is 3.85. The number of ether oxygens (including phenoxy) is 1. The van der Waals surface area contributed by atoms with Gasteiger partial charge >= 0.3 is 0 Å². The van der Waals surface area contributed by atoms with Gasteiger partial charge in [0.15, 0.2) is 0 Å². The molecule has 0 aliphatic carbocycles. The Bertz CT molecular complexity index is 720. The number of rotatable bonds is 4. The molecule has 0 aromatic heterocycles. The second kappa shape index (κ2) is 7.39. The lowest BCUT2D eigenvalue weighted by Gasteiger charge is -2.14. The van der Waals surface area contributed by atoms with Crippen LogP contribution in [0.25, 0.3) is 0 Å². The number of para-hydroxylation sites is 1. The minimum atomic E-state index is 0.623. The molecule has 1 aliphatic heterocycles. The topological polar surface area (TPSA) is 45.4 Å². The van der Waals surface area contributed by atoms with Crippen LogP contribution >= 0.6 is 23.5 Å². The van der Waals surface area contributed by atoms with Gasteiger partial charge < -0.3 is 4.74 Å². The van der Waals surface area contributed by atoms with Crippen LogP contribution in [0.2, 0.25) is 0 Å². The van der Waals surface area contributed by atoms with E-state index in [2.05, 4.69) is 29.3 Å². The van der Waals surface area contributed by atoms with Gasteiger partial charge in [0.2, 0.25) is 0 Å². The average Bonchev–Trinajstić information content (AvgIpc) is 2.59. The Balaban J connectivity index is 1.48. The summed E-state index contributed by atoms with van der Waals surface area (Å²) in [6.07, 6.45) is 0. The molecule has 110 valence electrons. The van der Waals surface area contributed by atoms with E-state index in [4.69, 9.17) is 10.00 Å². The maximum atomic E-state index is 8.75. The predicted molar refractivity (Wildman–Crippen MR) is 93.9 cm³/mol. The Morgan fingerprint density at radius 3 is 2.82 bits per heavy atom. The molecule has 1 heterocycles. The maximum Gasteiger partial charge on any atom is 0.131 e. The van der Waals surface area contributed by atoms with Crippen LogP contribution in [0.5, 0.6) is 5.75 Å². The fraction of sp³-hybridized carbons (Fsp3) is 0.176. The van der Waals surface area contributed by atoms with Gasteiger partial charge in [-0.25, -0.2) is 4.99 Å². The van der Waals surface area contributed by atoms with Crippen molar-refractivity contribution in [2.24, 2.45) is 4.99 Å². The van der Waals surface area contributed by atoms with E-state index in [1.54, 1.807) is 35.7 Å². The number of hydrogen-bond acceptors (Lipinski definition) is 5. The highest BCUT2D eigenvalue weighted by atomic mass is 32.2. The molecule has 0 unspecified atom stereocenters. The molecule has 0 fully saturated rings. The zero-order valence-corrected chi connectivity index (χ0v) is 13.5. The van der Waals surface area contributed by atoms with Gasteiger partial charge in [0.25, 0.3) is 0 Å². The summed E-state index contributed by atoms with van der Waals surface area (Å²) in [5.41, 5.74) is 3.02. The highest BCUT2D eigenvalue weighted by Gasteiger charge is 2.12. The second-order valence-electron chi connectivity index (χ2n) is 4.63. The SMILES string of the molecule is N#Cc1ccc(OCCSC2=Nc3ccccc3CS2)cc1. The van der Waals surface area contributed by atoms with Gasteiger partial charge in [-0.05, 0) is 35.9 Å². The smallest absolute Gasteiger partial charge is 0.131 e. The molecule has 0 N–H and O–H groups in total. The van der Waals surface area contributed by atoms with Crippen molar-refractivity contribution >= 4 is 33.6 Å². The Morgan fingerprint density at radius 1 is 1.18 bits per heavy atom. The van der Waals surface area contributed by atoms with E-state index >= 15 is 0 Å². The van der Waals surface area contributed by atoms with Gasteiger partial charge in [-0.3, -0.25) is 0 Å². The standard InChI is InChI=1S/C17H14N2OS2/c18-11-13-5-7-15(8-6-13)20-9-10-21-17-19-16-4-2-1-3-14(16)12-22-17/h1-8H,9-10,12H2. The monoisotopic (exact) mass is 326 g/mol. The molecule has 2 aromatic rings. The van der Waals surface area contributed by atoms with E-state index in [1.807, 2.05) is 18.2 Å². The number of aliphatic imine (C=N–C) groups is 1. The molecule has 2 aromatic carbocycles. The molecule has 3 nitrogen and oxygen atoms in total. The van der Waals surface area contributed by atoms with Crippen molar-refractivity contribution in [3.8, 4) is 11.8 Å². The van der Waals surface area contributed by atoms with E-state index in [9.17, 15) is 0 Å². The average molecular weight is 326 g/mol. The van der Waals surface area contributed by atoms with Crippen LogP contribution in [-0.4, -0.2) is 16.7 Å². The minimum Gasteiger partial charge on any atom is -0.493 e. The molecule has 0 radical (unpaired) electrons. The summed E-state index contributed by atoms with van der Waals surface area (Å²) in [7, 11) is 0. The van der Waals surface area contributed by atoms with Crippen molar-refractivity contribution in [2.45, 2.75) is 5.75 Å². The van der Waals surface area contributed by atoms with Crippen molar-refractivity contribution in [3.05, 3.63) is 59.7 Å². The van der Waals surface area contributed by atoms with E-state index in [0.29, 0.717) is 12.2 Å². The molecule has 0 spiro atoms. The Labute approximate surface area is 138 Å². The highest BCUT2D eigenvalue weighted by molar-refractivity contribution is 8.38. The van der Waals surface area contributed by atoms with Crippen LogP contribution in [0.4, 0.5) is 5.69 Å². The first kappa shape index (κ1) is 15.0. The molecular weight excluding hydrogens is 312 g/mol. The Kier molecular flexibility index (Phi) is 5.04. The van der Waals surface area contributed by atoms with Crippen LogP contribution in [0.1, 0.15) is 11.1 Å². The van der Waals surface area contributed by atoms with Gasteiger partial charge in [0.1, 0.15) is 10.1 Å². The normalized spacial score (nSPS) is 13.0. The zero-order chi connectivity index (χ0) is 15.2. The molecule has 3 rings (SSSR count). The molecule has 0 saturated carbocycles. The lowest BCUT2D eigenvalue weighted by atomic mass is 10.2. The summed E-state index contributed by atoms with van der Waals surface area (Å²) in [5.74, 6) is 2.63.